The van der Waals surface area contributed by atoms with Crippen molar-refractivity contribution in [2.24, 2.45) is 5.92 Å². The van der Waals surface area contributed by atoms with E-state index in [1.54, 1.807) is 54.3 Å². The van der Waals surface area contributed by atoms with E-state index in [9.17, 15) is 18.8 Å². The zero-order valence-electron chi connectivity index (χ0n) is 18.5. The second-order valence-corrected chi connectivity index (χ2v) is 7.68. The van der Waals surface area contributed by atoms with Crippen molar-refractivity contribution < 1.29 is 28.2 Å². The first-order valence-corrected chi connectivity index (χ1v) is 10.9. The lowest BCUT2D eigenvalue weighted by molar-refractivity contribution is -0.116. The average molecular weight is 454 g/mol. The quantitative estimate of drug-likeness (QED) is 0.388. The third-order valence-electron chi connectivity index (χ3n) is 5.33. The van der Waals surface area contributed by atoms with Crippen LogP contribution in [-0.2, 0) is 9.53 Å². The molecule has 1 saturated heterocycles. The minimum absolute atomic E-state index is 0.0811. The fourth-order valence-electron chi connectivity index (χ4n) is 3.48. The molecule has 2 amide bonds. The number of nitrogens with zero attached hydrogens (tertiary/aromatic N) is 1. The van der Waals surface area contributed by atoms with Gasteiger partial charge in [0.05, 0.1) is 6.61 Å². The van der Waals surface area contributed by atoms with Crippen LogP contribution in [0.15, 0.2) is 54.6 Å². The van der Waals surface area contributed by atoms with Crippen molar-refractivity contribution in [2.45, 2.75) is 19.8 Å². The monoisotopic (exact) mass is 454 g/mol. The van der Waals surface area contributed by atoms with E-state index in [1.165, 1.54) is 18.2 Å². The molecule has 7 nitrogen and oxygen atoms in total. The van der Waals surface area contributed by atoms with Crippen LogP contribution < -0.4 is 10.1 Å². The summed E-state index contributed by atoms with van der Waals surface area (Å²) >= 11 is 0. The number of ether oxygens (including phenoxy) is 2. The van der Waals surface area contributed by atoms with Gasteiger partial charge in [0.25, 0.3) is 5.91 Å². The molecule has 2 aromatic carbocycles. The van der Waals surface area contributed by atoms with Gasteiger partial charge in [-0.2, -0.15) is 0 Å². The van der Waals surface area contributed by atoms with Gasteiger partial charge >= 0.3 is 6.16 Å². The number of piperidine rings is 1. The van der Waals surface area contributed by atoms with Crippen LogP contribution in [0.2, 0.25) is 0 Å². The fraction of sp³-hybridized carbons (Fsp3) is 0.320. The molecule has 1 aliphatic heterocycles. The molecule has 0 atom stereocenters. The predicted octanol–water partition coefficient (Wildman–Crippen LogP) is 4.04. The molecule has 3 rings (SSSR count). The van der Waals surface area contributed by atoms with Crippen LogP contribution in [0.3, 0.4) is 0 Å². The first-order valence-electron chi connectivity index (χ1n) is 10.9. The molecule has 0 bridgehead atoms. The van der Waals surface area contributed by atoms with E-state index < -0.39 is 6.16 Å². The molecular formula is C25H27FN2O5. The number of benzene rings is 2. The second kappa shape index (κ2) is 11.8. The first-order chi connectivity index (χ1) is 15.9. The van der Waals surface area contributed by atoms with Gasteiger partial charge in [-0.05, 0) is 73.7 Å². The number of carbonyl (C=O) groups excluding carboxylic acids is 3. The van der Waals surface area contributed by atoms with E-state index in [-0.39, 0.29) is 30.2 Å². The maximum Gasteiger partial charge on any atom is 0.513 e. The molecule has 0 radical (unpaired) electrons. The summed E-state index contributed by atoms with van der Waals surface area (Å²) in [6.07, 6.45) is 3.87. The van der Waals surface area contributed by atoms with Crippen LogP contribution in [0, 0.1) is 11.7 Å². The molecule has 33 heavy (non-hydrogen) atoms. The van der Waals surface area contributed by atoms with Crippen molar-refractivity contribution in [3.05, 3.63) is 71.6 Å². The Balaban J connectivity index is 1.40. The van der Waals surface area contributed by atoms with Gasteiger partial charge in [0.15, 0.2) is 0 Å². The Bertz CT molecular complexity index is 981. The molecule has 8 heteroatoms. The van der Waals surface area contributed by atoms with E-state index in [0.717, 1.165) is 18.4 Å². The van der Waals surface area contributed by atoms with Crippen LogP contribution in [0.5, 0.6) is 5.75 Å². The average Bonchev–Trinajstić information content (AvgIpc) is 2.83. The van der Waals surface area contributed by atoms with Gasteiger partial charge in [0, 0.05) is 31.3 Å². The summed E-state index contributed by atoms with van der Waals surface area (Å²) in [5.41, 5.74) is 1.27. The standard InChI is InChI=1S/C25H27FN2O5/c1-2-32-25(31)33-22-10-6-20(7-11-22)24(30)28-15-13-19(14-16-28)17-27-23(29)12-5-18-3-8-21(26)9-4-18/h3-12,19H,2,13-17H2,1H3,(H,27,29)/b12-5+. The summed E-state index contributed by atoms with van der Waals surface area (Å²) < 4.78 is 22.6. The summed E-state index contributed by atoms with van der Waals surface area (Å²) in [4.78, 5) is 37.9. The highest BCUT2D eigenvalue weighted by Crippen LogP contribution is 2.20. The van der Waals surface area contributed by atoms with E-state index in [4.69, 9.17) is 9.47 Å². The largest absolute Gasteiger partial charge is 0.513 e. The van der Waals surface area contributed by atoms with Crippen LogP contribution in [-0.4, -0.2) is 49.1 Å². The number of likely N-dealkylation sites (tertiary alicyclic amines) is 1. The SMILES string of the molecule is CCOC(=O)Oc1ccc(C(=O)N2CCC(CNC(=O)/C=C/c3ccc(F)cc3)CC2)cc1. The lowest BCUT2D eigenvalue weighted by Gasteiger charge is -2.32. The Morgan fingerprint density at radius 2 is 1.73 bits per heavy atom. The van der Waals surface area contributed by atoms with Gasteiger partial charge in [-0.25, -0.2) is 9.18 Å². The van der Waals surface area contributed by atoms with Crippen LogP contribution in [0.4, 0.5) is 9.18 Å². The normalized spacial score (nSPS) is 14.2. The van der Waals surface area contributed by atoms with Crippen molar-refractivity contribution in [3.8, 4) is 5.75 Å². The highest BCUT2D eigenvalue weighted by molar-refractivity contribution is 5.94. The summed E-state index contributed by atoms with van der Waals surface area (Å²) in [7, 11) is 0. The van der Waals surface area contributed by atoms with Gasteiger partial charge in [0.2, 0.25) is 5.91 Å². The molecule has 0 aromatic heterocycles. The molecule has 0 unspecified atom stereocenters. The van der Waals surface area contributed by atoms with Gasteiger partial charge in [0.1, 0.15) is 11.6 Å². The van der Waals surface area contributed by atoms with Gasteiger partial charge < -0.3 is 19.7 Å². The van der Waals surface area contributed by atoms with Crippen molar-refractivity contribution >= 4 is 24.0 Å². The number of hydrogen-bond acceptors (Lipinski definition) is 5. The molecule has 1 aliphatic rings. The van der Waals surface area contributed by atoms with Crippen LogP contribution in [0.1, 0.15) is 35.7 Å². The molecule has 174 valence electrons. The zero-order valence-corrected chi connectivity index (χ0v) is 18.5. The minimum atomic E-state index is -0.781. The van der Waals surface area contributed by atoms with Crippen LogP contribution in [0.25, 0.3) is 6.08 Å². The summed E-state index contributed by atoms with van der Waals surface area (Å²) in [5.74, 6) is -0.00248. The third kappa shape index (κ3) is 7.45. The fourth-order valence-corrected chi connectivity index (χ4v) is 3.48. The lowest BCUT2D eigenvalue weighted by atomic mass is 9.96. The smallest absolute Gasteiger partial charge is 0.434 e. The predicted molar refractivity (Wildman–Crippen MR) is 121 cm³/mol. The molecule has 2 aromatic rings. The molecule has 1 fully saturated rings. The number of halogens is 1. The Kier molecular flexibility index (Phi) is 8.57. The Hall–Kier alpha value is -3.68. The van der Waals surface area contributed by atoms with Crippen molar-refractivity contribution in [3.63, 3.8) is 0 Å². The highest BCUT2D eigenvalue weighted by atomic mass is 19.1. The molecular weight excluding hydrogens is 427 g/mol. The van der Waals surface area contributed by atoms with Gasteiger partial charge in [-0.3, -0.25) is 9.59 Å². The van der Waals surface area contributed by atoms with E-state index in [1.807, 2.05) is 0 Å². The minimum Gasteiger partial charge on any atom is -0.434 e. The number of hydrogen-bond donors (Lipinski definition) is 1. The maximum absolute atomic E-state index is 12.9. The number of carbonyl (C=O) groups is 3. The first kappa shape index (κ1) is 24.0. The van der Waals surface area contributed by atoms with Crippen molar-refractivity contribution in [1.29, 1.82) is 0 Å². The molecule has 0 saturated carbocycles. The third-order valence-corrected chi connectivity index (χ3v) is 5.33. The molecule has 1 N–H and O–H groups in total. The Morgan fingerprint density at radius 3 is 2.36 bits per heavy atom. The summed E-state index contributed by atoms with van der Waals surface area (Å²) in [5, 5.41) is 2.89. The molecule has 1 heterocycles. The number of rotatable bonds is 7. The lowest BCUT2D eigenvalue weighted by Crippen LogP contribution is -2.41. The molecule has 0 aliphatic carbocycles. The van der Waals surface area contributed by atoms with Crippen molar-refractivity contribution in [2.75, 3.05) is 26.2 Å². The highest BCUT2D eigenvalue weighted by Gasteiger charge is 2.24. The van der Waals surface area contributed by atoms with Crippen molar-refractivity contribution in [1.82, 2.24) is 10.2 Å². The zero-order chi connectivity index (χ0) is 23.6. The van der Waals surface area contributed by atoms with E-state index in [0.29, 0.717) is 30.9 Å². The molecule has 0 spiro atoms. The Morgan fingerprint density at radius 1 is 1.06 bits per heavy atom. The van der Waals surface area contributed by atoms with Gasteiger partial charge in [-0.1, -0.05) is 12.1 Å². The van der Waals surface area contributed by atoms with E-state index in [2.05, 4.69) is 5.32 Å². The summed E-state index contributed by atoms with van der Waals surface area (Å²) in [6.45, 7) is 3.65. The van der Waals surface area contributed by atoms with Gasteiger partial charge in [-0.15, -0.1) is 0 Å². The topological polar surface area (TPSA) is 84.9 Å². The van der Waals surface area contributed by atoms with E-state index >= 15 is 0 Å². The number of nitrogens with one attached hydrogen (secondary N) is 1. The second-order valence-electron chi connectivity index (χ2n) is 7.68. The maximum atomic E-state index is 12.9. The van der Waals surface area contributed by atoms with Crippen LogP contribution >= 0.6 is 0 Å². The number of amides is 2. The summed E-state index contributed by atoms with van der Waals surface area (Å²) in [6, 6.07) is 12.3. The Labute approximate surface area is 192 Å².